The molecule has 0 saturated carbocycles. The molecular formula is C22H27Cl2N3O3S2. The third-order valence-corrected chi connectivity index (χ3v) is 8.23. The third kappa shape index (κ3) is 7.37. The zero-order valence-electron chi connectivity index (χ0n) is 17.9. The van der Waals surface area contributed by atoms with Crippen molar-refractivity contribution >= 4 is 50.9 Å². The molecule has 1 N–H and O–H groups in total. The fourth-order valence-corrected chi connectivity index (χ4v) is 5.89. The van der Waals surface area contributed by atoms with Crippen LogP contribution in [-0.4, -0.2) is 68.3 Å². The second-order valence-electron chi connectivity index (χ2n) is 7.65. The lowest BCUT2D eigenvalue weighted by molar-refractivity contribution is 0.0956. The summed E-state index contributed by atoms with van der Waals surface area (Å²) in [5, 5.41) is 4.27. The molecule has 3 rings (SSSR count). The van der Waals surface area contributed by atoms with E-state index in [9.17, 15) is 13.2 Å². The number of carbonyl (C=O) groups excluding carboxylic acids is 1. The van der Waals surface area contributed by atoms with Crippen molar-refractivity contribution in [1.82, 2.24) is 14.5 Å². The van der Waals surface area contributed by atoms with Crippen molar-refractivity contribution in [1.29, 1.82) is 0 Å². The molecule has 2 aromatic rings. The summed E-state index contributed by atoms with van der Waals surface area (Å²) in [7, 11) is -3.13. The van der Waals surface area contributed by atoms with Crippen LogP contribution in [0.15, 0.2) is 42.5 Å². The van der Waals surface area contributed by atoms with Gasteiger partial charge >= 0.3 is 0 Å². The minimum atomic E-state index is -3.13. The molecule has 0 aromatic heterocycles. The number of benzene rings is 2. The molecule has 6 nitrogen and oxygen atoms in total. The molecule has 1 aliphatic rings. The van der Waals surface area contributed by atoms with Gasteiger partial charge in [0, 0.05) is 66.4 Å². The van der Waals surface area contributed by atoms with E-state index in [0.29, 0.717) is 60.6 Å². The van der Waals surface area contributed by atoms with Crippen molar-refractivity contribution in [3.8, 4) is 0 Å². The fourth-order valence-electron chi connectivity index (χ4n) is 3.47. The Kier molecular flexibility index (Phi) is 9.28. The van der Waals surface area contributed by atoms with E-state index in [1.165, 1.54) is 10.6 Å². The van der Waals surface area contributed by atoms with Crippen molar-refractivity contribution in [2.24, 2.45) is 0 Å². The van der Waals surface area contributed by atoms with Crippen molar-refractivity contribution in [2.45, 2.75) is 12.3 Å². The van der Waals surface area contributed by atoms with Crippen LogP contribution in [0.25, 0.3) is 0 Å². The van der Waals surface area contributed by atoms with Crippen LogP contribution in [-0.2, 0) is 22.3 Å². The highest BCUT2D eigenvalue weighted by Crippen LogP contribution is 2.28. The standard InChI is InChI=1S/C22H27Cl2N3O3S2/c1-32(29,30)27-11-9-26(10-12-27)15-17-4-2-5-18(14-17)22(28)25-8-13-31-16-19-20(23)6-3-7-21(19)24/h2-7,14H,8-13,15-16H2,1H3,(H,25,28). The van der Waals surface area contributed by atoms with Gasteiger partial charge in [-0.2, -0.15) is 16.1 Å². The van der Waals surface area contributed by atoms with Gasteiger partial charge in [0.1, 0.15) is 0 Å². The molecule has 0 atom stereocenters. The summed E-state index contributed by atoms with van der Waals surface area (Å²) in [6, 6.07) is 13.0. The predicted molar refractivity (Wildman–Crippen MR) is 133 cm³/mol. The largest absolute Gasteiger partial charge is 0.351 e. The van der Waals surface area contributed by atoms with Crippen LogP contribution in [0.1, 0.15) is 21.5 Å². The topological polar surface area (TPSA) is 69.7 Å². The monoisotopic (exact) mass is 515 g/mol. The molecule has 0 radical (unpaired) electrons. The van der Waals surface area contributed by atoms with Gasteiger partial charge in [-0.1, -0.05) is 41.4 Å². The number of hydrogen-bond acceptors (Lipinski definition) is 5. The van der Waals surface area contributed by atoms with Crippen LogP contribution < -0.4 is 5.32 Å². The maximum absolute atomic E-state index is 12.5. The summed E-state index contributed by atoms with van der Waals surface area (Å²) in [6.45, 7) is 3.58. The van der Waals surface area contributed by atoms with E-state index in [-0.39, 0.29) is 5.91 Å². The molecule has 1 amide bonds. The van der Waals surface area contributed by atoms with Gasteiger partial charge in [-0.15, -0.1) is 0 Å². The Labute approximate surface area is 204 Å². The van der Waals surface area contributed by atoms with E-state index >= 15 is 0 Å². The molecule has 1 heterocycles. The van der Waals surface area contributed by atoms with Crippen molar-refractivity contribution in [3.63, 3.8) is 0 Å². The van der Waals surface area contributed by atoms with Crippen LogP contribution in [0.5, 0.6) is 0 Å². The minimum Gasteiger partial charge on any atom is -0.351 e. The van der Waals surface area contributed by atoms with Crippen LogP contribution >= 0.6 is 35.0 Å². The van der Waals surface area contributed by atoms with Gasteiger partial charge in [0.05, 0.1) is 6.26 Å². The van der Waals surface area contributed by atoms with E-state index < -0.39 is 10.0 Å². The Balaban J connectivity index is 1.43. The first-order valence-corrected chi connectivity index (χ1v) is 14.0. The van der Waals surface area contributed by atoms with Gasteiger partial charge in [0.25, 0.3) is 5.91 Å². The normalized spacial score (nSPS) is 15.6. The Morgan fingerprint density at radius 3 is 2.38 bits per heavy atom. The molecule has 1 saturated heterocycles. The summed E-state index contributed by atoms with van der Waals surface area (Å²) in [5.74, 6) is 1.33. The first-order valence-electron chi connectivity index (χ1n) is 10.3. The lowest BCUT2D eigenvalue weighted by Gasteiger charge is -2.33. The van der Waals surface area contributed by atoms with E-state index in [1.807, 2.05) is 36.4 Å². The number of carbonyl (C=O) groups is 1. The number of halogens is 2. The van der Waals surface area contributed by atoms with E-state index in [0.717, 1.165) is 16.9 Å². The lowest BCUT2D eigenvalue weighted by Crippen LogP contribution is -2.47. The zero-order chi connectivity index (χ0) is 23.1. The molecule has 0 spiro atoms. The smallest absolute Gasteiger partial charge is 0.251 e. The predicted octanol–water partition coefficient (Wildman–Crippen LogP) is 3.73. The van der Waals surface area contributed by atoms with Crippen molar-refractivity contribution < 1.29 is 13.2 Å². The number of rotatable bonds is 9. The second-order valence-corrected chi connectivity index (χ2v) is 11.5. The summed E-state index contributed by atoms with van der Waals surface area (Å²) in [4.78, 5) is 14.7. The highest BCUT2D eigenvalue weighted by atomic mass is 35.5. The lowest BCUT2D eigenvalue weighted by atomic mass is 10.1. The van der Waals surface area contributed by atoms with Gasteiger partial charge in [0.15, 0.2) is 0 Å². The van der Waals surface area contributed by atoms with Gasteiger partial charge < -0.3 is 5.32 Å². The maximum Gasteiger partial charge on any atom is 0.251 e. The molecule has 0 aliphatic carbocycles. The first-order chi connectivity index (χ1) is 15.2. The first kappa shape index (κ1) is 25.3. The number of sulfonamides is 1. The number of thioether (sulfide) groups is 1. The van der Waals surface area contributed by atoms with E-state index in [4.69, 9.17) is 23.2 Å². The van der Waals surface area contributed by atoms with Crippen LogP contribution in [0.3, 0.4) is 0 Å². The molecule has 0 bridgehead atoms. The van der Waals surface area contributed by atoms with Crippen molar-refractivity contribution in [2.75, 3.05) is 44.7 Å². The average Bonchev–Trinajstić information content (AvgIpc) is 2.75. The SMILES string of the molecule is CS(=O)(=O)N1CCN(Cc2cccc(C(=O)NCCSCc3c(Cl)cccc3Cl)c2)CC1. The number of nitrogens with one attached hydrogen (secondary N) is 1. The second kappa shape index (κ2) is 11.7. The van der Waals surface area contributed by atoms with Gasteiger partial charge in [-0.3, -0.25) is 9.69 Å². The zero-order valence-corrected chi connectivity index (χ0v) is 21.0. The molecule has 10 heteroatoms. The maximum atomic E-state index is 12.5. The number of hydrogen-bond donors (Lipinski definition) is 1. The highest BCUT2D eigenvalue weighted by molar-refractivity contribution is 7.98. The average molecular weight is 517 g/mol. The molecule has 1 fully saturated rings. The molecule has 1 aliphatic heterocycles. The molecule has 2 aromatic carbocycles. The fraction of sp³-hybridized carbons (Fsp3) is 0.409. The number of nitrogens with zero attached hydrogens (tertiary/aromatic N) is 2. The molecule has 0 unspecified atom stereocenters. The Morgan fingerprint density at radius 2 is 1.72 bits per heavy atom. The Hall–Kier alpha value is -1.29. The molecular weight excluding hydrogens is 489 g/mol. The van der Waals surface area contributed by atoms with Gasteiger partial charge in [-0.05, 0) is 35.4 Å². The quantitative estimate of drug-likeness (QED) is 0.515. The number of amides is 1. The minimum absolute atomic E-state index is 0.106. The van der Waals surface area contributed by atoms with Crippen molar-refractivity contribution in [3.05, 3.63) is 69.2 Å². The summed E-state index contributed by atoms with van der Waals surface area (Å²) < 4.78 is 24.8. The Bertz CT molecular complexity index is 1020. The Morgan fingerprint density at radius 1 is 1.06 bits per heavy atom. The van der Waals surface area contributed by atoms with E-state index in [2.05, 4.69) is 10.2 Å². The molecule has 174 valence electrons. The summed E-state index contributed by atoms with van der Waals surface area (Å²) in [5.41, 5.74) is 2.57. The summed E-state index contributed by atoms with van der Waals surface area (Å²) >= 11 is 14.0. The van der Waals surface area contributed by atoms with E-state index in [1.54, 1.807) is 17.8 Å². The number of piperazine rings is 1. The van der Waals surface area contributed by atoms with Gasteiger partial charge in [0.2, 0.25) is 10.0 Å². The van der Waals surface area contributed by atoms with Gasteiger partial charge in [-0.25, -0.2) is 8.42 Å². The van der Waals surface area contributed by atoms with Crippen LogP contribution in [0.2, 0.25) is 10.0 Å². The third-order valence-electron chi connectivity index (χ3n) is 5.24. The summed E-state index contributed by atoms with van der Waals surface area (Å²) in [6.07, 6.45) is 1.25. The highest BCUT2D eigenvalue weighted by Gasteiger charge is 2.23. The molecule has 32 heavy (non-hydrogen) atoms. The van der Waals surface area contributed by atoms with Crippen LogP contribution in [0.4, 0.5) is 0 Å². The van der Waals surface area contributed by atoms with Crippen LogP contribution in [0, 0.1) is 0 Å².